The van der Waals surface area contributed by atoms with Gasteiger partial charge in [-0.1, -0.05) is 32.9 Å². The third-order valence-corrected chi connectivity index (χ3v) is 2.88. The van der Waals surface area contributed by atoms with Crippen LogP contribution in [0.3, 0.4) is 0 Å². The number of nitrogens with zero attached hydrogens (tertiary/aromatic N) is 1. The molecule has 19 heavy (non-hydrogen) atoms. The number of nitrogens with one attached hydrogen (secondary N) is 1. The lowest BCUT2D eigenvalue weighted by atomic mass is 10.0. The van der Waals surface area contributed by atoms with E-state index < -0.39 is 6.10 Å². The average molecular weight is 268 g/mol. The van der Waals surface area contributed by atoms with Gasteiger partial charge in [0.05, 0.1) is 11.8 Å². The quantitative estimate of drug-likeness (QED) is 0.829. The van der Waals surface area contributed by atoms with Gasteiger partial charge in [-0.25, -0.2) is 0 Å². The monoisotopic (exact) mass is 268 g/mol. The van der Waals surface area contributed by atoms with Crippen LogP contribution in [0.25, 0.3) is 0 Å². The minimum atomic E-state index is -0.522. The van der Waals surface area contributed by atoms with Crippen molar-refractivity contribution in [2.45, 2.75) is 53.1 Å². The number of carbonyl (C=O) groups is 1. The highest BCUT2D eigenvalue weighted by atomic mass is 16.5. The van der Waals surface area contributed by atoms with E-state index in [0.717, 1.165) is 0 Å². The van der Waals surface area contributed by atoms with E-state index in [1.807, 2.05) is 27.7 Å². The van der Waals surface area contributed by atoms with Crippen LogP contribution in [-0.2, 0) is 0 Å². The van der Waals surface area contributed by atoms with E-state index in [2.05, 4.69) is 10.5 Å². The van der Waals surface area contributed by atoms with Crippen molar-refractivity contribution < 1.29 is 14.4 Å². The van der Waals surface area contributed by atoms with Crippen molar-refractivity contribution in [1.82, 2.24) is 10.5 Å². The zero-order chi connectivity index (χ0) is 14.6. The van der Waals surface area contributed by atoms with Gasteiger partial charge in [-0.2, -0.15) is 0 Å². The number of aromatic nitrogens is 1. The SMILES string of the molecule is Cc1noc(C(C)C)c1C(=O)NCC(O)CC(C)C. The molecular formula is C14H24N2O3. The first-order valence-electron chi connectivity index (χ1n) is 6.75. The molecule has 5 heteroatoms. The van der Waals surface area contributed by atoms with Crippen molar-refractivity contribution in [3.63, 3.8) is 0 Å². The van der Waals surface area contributed by atoms with Crippen molar-refractivity contribution in [2.75, 3.05) is 6.54 Å². The van der Waals surface area contributed by atoms with Crippen LogP contribution < -0.4 is 5.32 Å². The Bertz CT molecular complexity index is 424. The maximum absolute atomic E-state index is 12.1. The van der Waals surface area contributed by atoms with E-state index in [1.165, 1.54) is 0 Å². The molecule has 0 spiro atoms. The molecule has 0 aromatic carbocycles. The number of aliphatic hydroxyl groups excluding tert-OH is 1. The summed E-state index contributed by atoms with van der Waals surface area (Å²) < 4.78 is 5.18. The summed E-state index contributed by atoms with van der Waals surface area (Å²) in [6.07, 6.45) is 0.145. The summed E-state index contributed by atoms with van der Waals surface area (Å²) in [5.74, 6) is 0.858. The summed E-state index contributed by atoms with van der Waals surface area (Å²) in [6, 6.07) is 0. The van der Waals surface area contributed by atoms with Crippen molar-refractivity contribution >= 4 is 5.91 Å². The number of amides is 1. The molecule has 0 radical (unpaired) electrons. The molecule has 1 aromatic heterocycles. The lowest BCUT2D eigenvalue weighted by molar-refractivity contribution is 0.0897. The van der Waals surface area contributed by atoms with Crippen LogP contribution in [0.5, 0.6) is 0 Å². The molecule has 0 saturated carbocycles. The van der Waals surface area contributed by atoms with E-state index in [4.69, 9.17) is 4.52 Å². The third kappa shape index (κ3) is 4.35. The fourth-order valence-electron chi connectivity index (χ4n) is 1.98. The Balaban J connectivity index is 2.66. The standard InChI is InChI=1S/C14H24N2O3/c1-8(2)6-11(17)7-15-14(18)12-10(5)16-19-13(12)9(3)4/h8-9,11,17H,6-7H2,1-5H3,(H,15,18). The summed E-state index contributed by atoms with van der Waals surface area (Å²) in [7, 11) is 0. The van der Waals surface area contributed by atoms with Crippen LogP contribution in [0.15, 0.2) is 4.52 Å². The molecule has 2 N–H and O–H groups in total. The highest BCUT2D eigenvalue weighted by Crippen LogP contribution is 2.22. The maximum atomic E-state index is 12.1. The van der Waals surface area contributed by atoms with Gasteiger partial charge >= 0.3 is 0 Å². The molecule has 1 amide bonds. The van der Waals surface area contributed by atoms with Gasteiger partial charge in [-0.05, 0) is 19.3 Å². The molecule has 0 saturated heterocycles. The smallest absolute Gasteiger partial charge is 0.256 e. The molecule has 0 aliphatic carbocycles. The van der Waals surface area contributed by atoms with E-state index in [0.29, 0.717) is 29.4 Å². The molecule has 1 heterocycles. The molecule has 0 fully saturated rings. The van der Waals surface area contributed by atoms with E-state index >= 15 is 0 Å². The molecular weight excluding hydrogens is 244 g/mol. The molecule has 5 nitrogen and oxygen atoms in total. The van der Waals surface area contributed by atoms with Gasteiger partial charge in [0.15, 0.2) is 5.76 Å². The van der Waals surface area contributed by atoms with Gasteiger partial charge in [0.2, 0.25) is 0 Å². The van der Waals surface area contributed by atoms with Crippen molar-refractivity contribution in [3.05, 3.63) is 17.0 Å². The lowest BCUT2D eigenvalue weighted by Crippen LogP contribution is -2.33. The van der Waals surface area contributed by atoms with Crippen LogP contribution in [0.1, 0.15) is 61.8 Å². The molecule has 108 valence electrons. The van der Waals surface area contributed by atoms with Gasteiger partial charge < -0.3 is 14.9 Å². The van der Waals surface area contributed by atoms with E-state index in [1.54, 1.807) is 6.92 Å². The number of aliphatic hydroxyl groups is 1. The molecule has 0 aliphatic rings. The zero-order valence-corrected chi connectivity index (χ0v) is 12.4. The number of carbonyl (C=O) groups excluding carboxylic acids is 1. The Kier molecular flexibility index (Phi) is 5.54. The number of aryl methyl sites for hydroxylation is 1. The number of rotatable bonds is 6. The van der Waals surface area contributed by atoms with Crippen LogP contribution in [0.2, 0.25) is 0 Å². The van der Waals surface area contributed by atoms with Gasteiger partial charge in [-0.3, -0.25) is 4.79 Å². The second kappa shape index (κ2) is 6.70. The fourth-order valence-corrected chi connectivity index (χ4v) is 1.98. The predicted molar refractivity (Wildman–Crippen MR) is 73.1 cm³/mol. The first kappa shape index (κ1) is 15.7. The fraction of sp³-hybridized carbons (Fsp3) is 0.714. The normalized spacial score (nSPS) is 13.1. The Morgan fingerprint density at radius 3 is 2.53 bits per heavy atom. The first-order chi connectivity index (χ1) is 8.82. The maximum Gasteiger partial charge on any atom is 0.256 e. The van der Waals surface area contributed by atoms with Gasteiger partial charge in [-0.15, -0.1) is 0 Å². The second-order valence-corrected chi connectivity index (χ2v) is 5.66. The highest BCUT2D eigenvalue weighted by molar-refractivity contribution is 5.96. The van der Waals surface area contributed by atoms with Crippen molar-refractivity contribution in [2.24, 2.45) is 5.92 Å². The molecule has 1 rings (SSSR count). The number of hydrogen-bond acceptors (Lipinski definition) is 4. The van der Waals surface area contributed by atoms with Gasteiger partial charge in [0.1, 0.15) is 5.56 Å². The largest absolute Gasteiger partial charge is 0.391 e. The Morgan fingerprint density at radius 1 is 1.37 bits per heavy atom. The van der Waals surface area contributed by atoms with Crippen LogP contribution in [-0.4, -0.2) is 28.8 Å². The summed E-state index contributed by atoms with van der Waals surface area (Å²) in [5, 5.41) is 16.3. The summed E-state index contributed by atoms with van der Waals surface area (Å²) in [4.78, 5) is 12.1. The zero-order valence-electron chi connectivity index (χ0n) is 12.4. The van der Waals surface area contributed by atoms with Crippen LogP contribution in [0, 0.1) is 12.8 Å². The topological polar surface area (TPSA) is 75.4 Å². The number of hydrogen-bond donors (Lipinski definition) is 2. The molecule has 1 aromatic rings. The van der Waals surface area contributed by atoms with Gasteiger partial charge in [0, 0.05) is 12.5 Å². The van der Waals surface area contributed by atoms with Gasteiger partial charge in [0.25, 0.3) is 5.91 Å². The van der Waals surface area contributed by atoms with Crippen molar-refractivity contribution in [1.29, 1.82) is 0 Å². The van der Waals surface area contributed by atoms with Crippen molar-refractivity contribution in [3.8, 4) is 0 Å². The van der Waals surface area contributed by atoms with E-state index in [-0.39, 0.29) is 18.4 Å². The van der Waals surface area contributed by atoms with E-state index in [9.17, 15) is 9.90 Å². The minimum Gasteiger partial charge on any atom is -0.391 e. The predicted octanol–water partition coefficient (Wildman–Crippen LogP) is 2.24. The molecule has 0 bridgehead atoms. The minimum absolute atomic E-state index is 0.0996. The summed E-state index contributed by atoms with van der Waals surface area (Å²) in [5.41, 5.74) is 1.08. The second-order valence-electron chi connectivity index (χ2n) is 5.66. The highest BCUT2D eigenvalue weighted by Gasteiger charge is 2.22. The first-order valence-corrected chi connectivity index (χ1v) is 6.75. The lowest BCUT2D eigenvalue weighted by Gasteiger charge is -2.14. The Hall–Kier alpha value is -1.36. The Morgan fingerprint density at radius 2 is 2.00 bits per heavy atom. The van der Waals surface area contributed by atoms with Crippen LogP contribution >= 0.6 is 0 Å². The summed E-state index contributed by atoms with van der Waals surface area (Å²) in [6.45, 7) is 9.96. The third-order valence-electron chi connectivity index (χ3n) is 2.88. The average Bonchev–Trinajstić information content (AvgIpc) is 2.67. The molecule has 1 unspecified atom stereocenters. The van der Waals surface area contributed by atoms with Crippen LogP contribution in [0.4, 0.5) is 0 Å². The molecule has 0 aliphatic heterocycles. The molecule has 1 atom stereocenters. The summed E-state index contributed by atoms with van der Waals surface area (Å²) >= 11 is 0. The Labute approximate surface area is 114 Å².